The molecule has 1 aromatic heterocycles. The predicted molar refractivity (Wildman–Crippen MR) is 102 cm³/mol. The number of nitrogens with one attached hydrogen (secondary N) is 1. The molecule has 2 saturated heterocycles. The molecular weight excluding hydrogens is 344 g/mol. The van der Waals surface area contributed by atoms with Gasteiger partial charge in [-0.25, -0.2) is 0 Å². The smallest absolute Gasteiger partial charge is 0.222 e. The summed E-state index contributed by atoms with van der Waals surface area (Å²) in [5.74, 6) is 1.02. The van der Waals surface area contributed by atoms with Crippen molar-refractivity contribution in [3.05, 3.63) is 23.9 Å². The highest BCUT2D eigenvalue weighted by Crippen LogP contribution is 2.39. The molecule has 1 amide bonds. The molecule has 2 aliphatic heterocycles. The molecule has 0 saturated carbocycles. The highest BCUT2D eigenvalue weighted by atomic mass is 16.5. The number of aromatic nitrogens is 2. The second-order valence-corrected chi connectivity index (χ2v) is 7.94. The van der Waals surface area contributed by atoms with Gasteiger partial charge in [0.25, 0.3) is 0 Å². The third kappa shape index (κ3) is 3.66. The first-order valence-corrected chi connectivity index (χ1v) is 9.74. The number of aromatic amines is 1. The monoisotopic (exact) mass is 372 g/mol. The summed E-state index contributed by atoms with van der Waals surface area (Å²) in [7, 11) is 1.68. The molecule has 3 heterocycles. The van der Waals surface area contributed by atoms with Gasteiger partial charge < -0.3 is 14.7 Å². The van der Waals surface area contributed by atoms with Crippen LogP contribution < -0.4 is 4.74 Å². The van der Waals surface area contributed by atoms with Crippen LogP contribution in [0.15, 0.2) is 18.2 Å². The van der Waals surface area contributed by atoms with Crippen molar-refractivity contribution >= 4 is 16.8 Å². The van der Waals surface area contributed by atoms with Crippen LogP contribution in [0.3, 0.4) is 0 Å². The van der Waals surface area contributed by atoms with Gasteiger partial charge in [-0.05, 0) is 44.0 Å². The molecule has 27 heavy (non-hydrogen) atoms. The van der Waals surface area contributed by atoms with Crippen molar-refractivity contribution < 1.29 is 14.6 Å². The second-order valence-electron chi connectivity index (χ2n) is 7.94. The quantitative estimate of drug-likeness (QED) is 0.836. The molecule has 0 bridgehead atoms. The number of likely N-dealkylation sites (tertiary alicyclic amines) is 2. The largest absolute Gasteiger partial charge is 0.497 e. The van der Waals surface area contributed by atoms with Crippen LogP contribution >= 0.6 is 0 Å². The van der Waals surface area contributed by atoms with E-state index in [-0.39, 0.29) is 17.9 Å². The molecule has 146 valence electrons. The van der Waals surface area contributed by atoms with E-state index in [1.165, 1.54) is 0 Å². The van der Waals surface area contributed by atoms with Crippen LogP contribution in [-0.4, -0.2) is 70.9 Å². The number of β-amino-alcohol motifs (C(OH)–C–C–N with tert-alkyl or cyclic N) is 1. The van der Waals surface area contributed by atoms with E-state index in [1.54, 1.807) is 7.11 Å². The van der Waals surface area contributed by atoms with E-state index >= 15 is 0 Å². The number of fused-ring (bicyclic) bond motifs is 1. The molecule has 0 unspecified atom stereocenters. The lowest BCUT2D eigenvalue weighted by molar-refractivity contribution is -0.140. The Morgan fingerprint density at radius 2 is 2.22 bits per heavy atom. The zero-order valence-corrected chi connectivity index (χ0v) is 15.9. The van der Waals surface area contributed by atoms with Crippen LogP contribution in [0.5, 0.6) is 5.75 Å². The Labute approximate surface area is 159 Å². The van der Waals surface area contributed by atoms with Crippen LogP contribution in [0.25, 0.3) is 10.9 Å². The zero-order chi connectivity index (χ0) is 18.9. The summed E-state index contributed by atoms with van der Waals surface area (Å²) < 4.78 is 5.36. The lowest BCUT2D eigenvalue weighted by Crippen LogP contribution is -2.54. The van der Waals surface area contributed by atoms with Gasteiger partial charge >= 0.3 is 0 Å². The standard InChI is InChI=1S/C20H28N4O3/c1-27-15-3-4-17-16(11-15)18(22-21-17)12-23-8-2-6-20(13-23)7-5-19(26)24(14-20)9-10-25/h3-4,11,25H,2,5-10,12-14H2,1H3,(H,21,22)/t20-/m1/s1. The van der Waals surface area contributed by atoms with Gasteiger partial charge in [0.2, 0.25) is 5.91 Å². The molecule has 0 radical (unpaired) electrons. The summed E-state index contributed by atoms with van der Waals surface area (Å²) in [6.45, 7) is 4.10. The number of rotatable bonds is 5. The minimum atomic E-state index is 0.0352. The summed E-state index contributed by atoms with van der Waals surface area (Å²) in [6, 6.07) is 5.94. The Hall–Kier alpha value is -2.12. The van der Waals surface area contributed by atoms with E-state index in [0.29, 0.717) is 13.0 Å². The number of methoxy groups -OCH3 is 1. The summed E-state index contributed by atoms with van der Waals surface area (Å²) in [6.07, 6.45) is 3.83. The molecule has 7 nitrogen and oxygen atoms in total. The molecule has 2 N–H and O–H groups in total. The summed E-state index contributed by atoms with van der Waals surface area (Å²) in [5, 5.41) is 18.0. The Morgan fingerprint density at radius 1 is 1.33 bits per heavy atom. The Kier molecular flexibility index (Phi) is 5.06. The van der Waals surface area contributed by atoms with E-state index in [1.807, 2.05) is 23.1 Å². The van der Waals surface area contributed by atoms with Crippen molar-refractivity contribution in [2.75, 3.05) is 39.9 Å². The van der Waals surface area contributed by atoms with E-state index in [2.05, 4.69) is 15.1 Å². The third-order valence-electron chi connectivity index (χ3n) is 6.08. The number of carbonyl (C=O) groups is 1. The number of aliphatic hydroxyl groups excluding tert-OH is 1. The number of piperidine rings is 2. The van der Waals surface area contributed by atoms with Crippen molar-refractivity contribution in [2.24, 2.45) is 5.41 Å². The van der Waals surface area contributed by atoms with Gasteiger partial charge in [0.15, 0.2) is 0 Å². The average molecular weight is 372 g/mol. The summed E-state index contributed by atoms with van der Waals surface area (Å²) >= 11 is 0. The number of carbonyl (C=O) groups excluding carboxylic acids is 1. The number of ether oxygens (including phenoxy) is 1. The van der Waals surface area contributed by atoms with Crippen LogP contribution in [0.2, 0.25) is 0 Å². The van der Waals surface area contributed by atoms with Crippen LogP contribution in [-0.2, 0) is 11.3 Å². The maximum atomic E-state index is 12.1. The van der Waals surface area contributed by atoms with Crippen molar-refractivity contribution in [2.45, 2.75) is 32.2 Å². The van der Waals surface area contributed by atoms with Gasteiger partial charge in [0.05, 0.1) is 24.9 Å². The molecule has 0 aliphatic carbocycles. The number of hydrogen-bond donors (Lipinski definition) is 2. The van der Waals surface area contributed by atoms with Crippen molar-refractivity contribution in [3.8, 4) is 5.75 Å². The first-order valence-electron chi connectivity index (χ1n) is 9.74. The van der Waals surface area contributed by atoms with Crippen LogP contribution in [0.1, 0.15) is 31.4 Å². The second kappa shape index (κ2) is 7.48. The first kappa shape index (κ1) is 18.3. The van der Waals surface area contributed by atoms with Crippen molar-refractivity contribution in [1.29, 1.82) is 0 Å². The zero-order valence-electron chi connectivity index (χ0n) is 15.9. The normalized spacial score (nSPS) is 24.1. The van der Waals surface area contributed by atoms with Crippen LogP contribution in [0, 0.1) is 5.41 Å². The van der Waals surface area contributed by atoms with Crippen molar-refractivity contribution in [1.82, 2.24) is 20.0 Å². The number of amides is 1. The van der Waals surface area contributed by atoms with E-state index < -0.39 is 0 Å². The first-order chi connectivity index (χ1) is 13.1. The molecule has 1 atom stereocenters. The number of nitrogens with zero attached hydrogens (tertiary/aromatic N) is 3. The van der Waals surface area contributed by atoms with Gasteiger partial charge in [0, 0.05) is 43.4 Å². The average Bonchev–Trinajstić information content (AvgIpc) is 3.07. The minimum Gasteiger partial charge on any atom is -0.497 e. The Balaban J connectivity index is 1.50. The molecule has 1 spiro atoms. The molecule has 4 rings (SSSR count). The van der Waals surface area contributed by atoms with Gasteiger partial charge in [-0.15, -0.1) is 0 Å². The van der Waals surface area contributed by atoms with Gasteiger partial charge in [-0.3, -0.25) is 14.8 Å². The highest BCUT2D eigenvalue weighted by Gasteiger charge is 2.41. The van der Waals surface area contributed by atoms with Crippen LogP contribution in [0.4, 0.5) is 0 Å². The lowest BCUT2D eigenvalue weighted by atomic mass is 9.73. The van der Waals surface area contributed by atoms with Gasteiger partial charge in [-0.2, -0.15) is 5.10 Å². The number of benzene rings is 1. The fourth-order valence-electron chi connectivity index (χ4n) is 4.72. The molecule has 1 aromatic carbocycles. The SMILES string of the molecule is COc1ccc2n[nH]c(CN3CCC[C@@]4(CCC(=O)N(CCO)C4)C3)c2c1. The molecule has 2 aliphatic rings. The maximum Gasteiger partial charge on any atom is 0.222 e. The van der Waals surface area contributed by atoms with E-state index in [4.69, 9.17) is 4.74 Å². The highest BCUT2D eigenvalue weighted by molar-refractivity contribution is 5.82. The summed E-state index contributed by atoms with van der Waals surface area (Å²) in [5.41, 5.74) is 2.21. The number of H-pyrrole nitrogens is 1. The molecule has 2 aromatic rings. The Morgan fingerprint density at radius 3 is 3.04 bits per heavy atom. The summed E-state index contributed by atoms with van der Waals surface area (Å²) in [4.78, 5) is 16.5. The van der Waals surface area contributed by atoms with E-state index in [0.717, 1.165) is 67.8 Å². The third-order valence-corrected chi connectivity index (χ3v) is 6.08. The maximum absolute atomic E-state index is 12.1. The Bertz CT molecular complexity index is 821. The van der Waals surface area contributed by atoms with E-state index in [9.17, 15) is 9.90 Å². The minimum absolute atomic E-state index is 0.0352. The number of aliphatic hydroxyl groups is 1. The molecule has 7 heteroatoms. The molecule has 2 fully saturated rings. The number of hydrogen-bond acceptors (Lipinski definition) is 5. The van der Waals surface area contributed by atoms with Gasteiger partial charge in [0.1, 0.15) is 5.75 Å². The van der Waals surface area contributed by atoms with Crippen molar-refractivity contribution in [3.63, 3.8) is 0 Å². The molecular formula is C20H28N4O3. The lowest BCUT2D eigenvalue weighted by Gasteiger charge is -2.48. The predicted octanol–water partition coefficient (Wildman–Crippen LogP) is 1.77. The topological polar surface area (TPSA) is 81.7 Å². The fourth-order valence-corrected chi connectivity index (χ4v) is 4.72. The fraction of sp³-hybridized carbons (Fsp3) is 0.600. The van der Waals surface area contributed by atoms with Gasteiger partial charge in [-0.1, -0.05) is 0 Å².